The maximum Gasteiger partial charge on any atom is 0.342 e. The van der Waals surface area contributed by atoms with Crippen molar-refractivity contribution in [1.29, 1.82) is 0 Å². The zero-order valence-electron chi connectivity index (χ0n) is 7.36. The maximum atomic E-state index is 12.7. The zero-order chi connectivity index (χ0) is 11.0. The molecule has 4 nitrogen and oxygen atoms in total. The first-order chi connectivity index (χ1) is 7.09. The van der Waals surface area contributed by atoms with Crippen molar-refractivity contribution in [2.75, 3.05) is 0 Å². The van der Waals surface area contributed by atoms with Gasteiger partial charge < -0.3 is 9.52 Å². The Balaban J connectivity index is 2.86. The Morgan fingerprint density at radius 1 is 1.40 bits per heavy atom. The van der Waals surface area contributed by atoms with Crippen molar-refractivity contribution in [2.45, 2.75) is 0 Å². The number of hydrogen-bond acceptors (Lipinski definition) is 3. The van der Waals surface area contributed by atoms with E-state index in [9.17, 15) is 14.0 Å². The molecule has 0 aliphatic heterocycles. The second kappa shape index (κ2) is 3.20. The molecule has 0 radical (unpaired) electrons. The van der Waals surface area contributed by atoms with Gasteiger partial charge in [0.15, 0.2) is 0 Å². The highest BCUT2D eigenvalue weighted by atomic mass is 19.1. The van der Waals surface area contributed by atoms with Gasteiger partial charge in [-0.3, -0.25) is 4.79 Å². The molecular weight excluding hydrogens is 203 g/mol. The van der Waals surface area contributed by atoms with Crippen molar-refractivity contribution in [3.05, 3.63) is 46.1 Å². The summed E-state index contributed by atoms with van der Waals surface area (Å²) in [6, 6.07) is 3.30. The standard InChI is InChI=1S/C10H5FO4/c11-5-1-2-6-8(3-5)15-4-7(9(6)12)10(13)14/h1-4H,(H,13,14). The van der Waals surface area contributed by atoms with Crippen LogP contribution in [-0.2, 0) is 0 Å². The monoisotopic (exact) mass is 208 g/mol. The van der Waals surface area contributed by atoms with Crippen molar-refractivity contribution >= 4 is 16.9 Å². The number of benzene rings is 1. The molecular formula is C10H5FO4. The van der Waals surface area contributed by atoms with Gasteiger partial charge in [0.1, 0.15) is 23.2 Å². The predicted octanol–water partition coefficient (Wildman–Crippen LogP) is 1.63. The molecule has 0 amide bonds. The second-order valence-corrected chi connectivity index (χ2v) is 2.92. The van der Waals surface area contributed by atoms with Crippen LogP contribution >= 0.6 is 0 Å². The second-order valence-electron chi connectivity index (χ2n) is 2.92. The van der Waals surface area contributed by atoms with Gasteiger partial charge in [-0.2, -0.15) is 0 Å². The Kier molecular flexibility index (Phi) is 2.00. The van der Waals surface area contributed by atoms with E-state index in [2.05, 4.69) is 0 Å². The van der Waals surface area contributed by atoms with E-state index in [1.54, 1.807) is 0 Å². The van der Waals surface area contributed by atoms with Crippen LogP contribution in [0.1, 0.15) is 10.4 Å². The average Bonchev–Trinajstić information content (AvgIpc) is 2.17. The zero-order valence-corrected chi connectivity index (χ0v) is 7.36. The molecule has 2 rings (SSSR count). The van der Waals surface area contributed by atoms with Crippen LogP contribution in [0, 0.1) is 5.82 Å². The van der Waals surface area contributed by atoms with E-state index in [0.717, 1.165) is 18.4 Å². The topological polar surface area (TPSA) is 67.5 Å². The Labute approximate surface area is 82.6 Å². The van der Waals surface area contributed by atoms with Crippen molar-refractivity contribution in [3.8, 4) is 0 Å². The fourth-order valence-electron chi connectivity index (χ4n) is 1.25. The number of halogens is 1. The molecule has 2 aromatic rings. The summed E-state index contributed by atoms with van der Waals surface area (Å²) in [5.41, 5.74) is -1.11. The molecule has 15 heavy (non-hydrogen) atoms. The molecule has 1 N–H and O–H groups in total. The normalized spacial score (nSPS) is 10.5. The molecule has 76 valence electrons. The Hall–Kier alpha value is -2.17. The van der Waals surface area contributed by atoms with Crippen molar-refractivity contribution in [2.24, 2.45) is 0 Å². The quantitative estimate of drug-likeness (QED) is 0.773. The molecule has 0 atom stereocenters. The molecule has 0 bridgehead atoms. The summed E-state index contributed by atoms with van der Waals surface area (Å²) in [6.45, 7) is 0. The molecule has 5 heteroatoms. The molecule has 1 heterocycles. The van der Waals surface area contributed by atoms with E-state index in [-0.39, 0.29) is 11.0 Å². The molecule has 0 saturated carbocycles. The van der Waals surface area contributed by atoms with Gasteiger partial charge in [-0.1, -0.05) is 0 Å². The summed E-state index contributed by atoms with van der Waals surface area (Å²) in [7, 11) is 0. The lowest BCUT2D eigenvalue weighted by atomic mass is 10.2. The molecule has 0 aliphatic rings. The number of fused-ring (bicyclic) bond motifs is 1. The molecule has 0 aliphatic carbocycles. The lowest BCUT2D eigenvalue weighted by Crippen LogP contribution is -2.13. The molecule has 1 aromatic heterocycles. The molecule has 0 fully saturated rings. The van der Waals surface area contributed by atoms with Gasteiger partial charge in [0.25, 0.3) is 0 Å². The summed E-state index contributed by atoms with van der Waals surface area (Å²) < 4.78 is 17.6. The van der Waals surface area contributed by atoms with Crippen LogP contribution in [0.25, 0.3) is 11.0 Å². The largest absolute Gasteiger partial charge is 0.477 e. The fourth-order valence-corrected chi connectivity index (χ4v) is 1.25. The highest BCUT2D eigenvalue weighted by Gasteiger charge is 2.12. The van der Waals surface area contributed by atoms with E-state index in [4.69, 9.17) is 9.52 Å². The summed E-state index contributed by atoms with van der Waals surface area (Å²) in [5.74, 6) is -1.91. The number of carbonyl (C=O) groups is 1. The minimum Gasteiger partial charge on any atom is -0.477 e. The highest BCUT2D eigenvalue weighted by molar-refractivity contribution is 5.91. The SMILES string of the molecule is O=C(O)c1coc2cc(F)ccc2c1=O. The van der Waals surface area contributed by atoms with Crippen LogP contribution in [0.3, 0.4) is 0 Å². The van der Waals surface area contributed by atoms with Gasteiger partial charge in [-0.05, 0) is 12.1 Å². The van der Waals surface area contributed by atoms with Gasteiger partial charge >= 0.3 is 5.97 Å². The number of carboxylic acids is 1. The third kappa shape index (κ3) is 1.48. The van der Waals surface area contributed by atoms with E-state index in [1.165, 1.54) is 6.07 Å². The van der Waals surface area contributed by atoms with E-state index in [0.29, 0.717) is 0 Å². The lowest BCUT2D eigenvalue weighted by molar-refractivity contribution is 0.0693. The molecule has 0 spiro atoms. The number of aromatic carboxylic acids is 1. The molecule has 1 aromatic carbocycles. The minimum absolute atomic E-state index is 0.0324. The fraction of sp³-hybridized carbons (Fsp3) is 0. The van der Waals surface area contributed by atoms with Crippen LogP contribution in [-0.4, -0.2) is 11.1 Å². The average molecular weight is 208 g/mol. The van der Waals surface area contributed by atoms with Crippen LogP contribution in [0.15, 0.2) is 33.7 Å². The Morgan fingerprint density at radius 3 is 2.80 bits per heavy atom. The number of hydrogen-bond donors (Lipinski definition) is 1. The van der Waals surface area contributed by atoms with Gasteiger partial charge in [0.05, 0.1) is 5.39 Å². The number of carboxylic acid groups (broad SMARTS) is 1. The first kappa shape index (κ1) is 9.39. The van der Waals surface area contributed by atoms with Gasteiger partial charge in [-0.25, -0.2) is 9.18 Å². The lowest BCUT2D eigenvalue weighted by Gasteiger charge is -1.97. The Morgan fingerprint density at radius 2 is 2.13 bits per heavy atom. The molecule has 0 unspecified atom stereocenters. The molecule has 0 saturated heterocycles. The van der Waals surface area contributed by atoms with E-state index >= 15 is 0 Å². The summed E-state index contributed by atoms with van der Waals surface area (Å²) >= 11 is 0. The van der Waals surface area contributed by atoms with Crippen LogP contribution in [0.2, 0.25) is 0 Å². The Bertz CT molecular complexity index is 600. The van der Waals surface area contributed by atoms with E-state index in [1.807, 2.05) is 0 Å². The smallest absolute Gasteiger partial charge is 0.342 e. The minimum atomic E-state index is -1.37. The maximum absolute atomic E-state index is 12.7. The van der Waals surface area contributed by atoms with Crippen LogP contribution in [0.5, 0.6) is 0 Å². The van der Waals surface area contributed by atoms with Crippen molar-refractivity contribution in [3.63, 3.8) is 0 Å². The van der Waals surface area contributed by atoms with Gasteiger partial charge in [0, 0.05) is 6.07 Å². The van der Waals surface area contributed by atoms with Crippen LogP contribution in [0.4, 0.5) is 4.39 Å². The van der Waals surface area contributed by atoms with Gasteiger partial charge in [-0.15, -0.1) is 0 Å². The van der Waals surface area contributed by atoms with E-state index < -0.39 is 22.8 Å². The highest BCUT2D eigenvalue weighted by Crippen LogP contribution is 2.12. The number of rotatable bonds is 1. The summed E-state index contributed by atoms with van der Waals surface area (Å²) in [5, 5.41) is 8.70. The summed E-state index contributed by atoms with van der Waals surface area (Å²) in [4.78, 5) is 22.1. The van der Waals surface area contributed by atoms with Gasteiger partial charge in [0.2, 0.25) is 5.43 Å². The van der Waals surface area contributed by atoms with Crippen molar-refractivity contribution < 1.29 is 18.7 Å². The predicted molar refractivity (Wildman–Crippen MR) is 49.4 cm³/mol. The summed E-state index contributed by atoms with van der Waals surface area (Å²) in [6.07, 6.45) is 0.812. The van der Waals surface area contributed by atoms with Crippen LogP contribution < -0.4 is 5.43 Å². The third-order valence-corrected chi connectivity index (χ3v) is 1.97. The van der Waals surface area contributed by atoms with Crippen molar-refractivity contribution in [1.82, 2.24) is 0 Å². The first-order valence-electron chi connectivity index (χ1n) is 4.04. The first-order valence-corrected chi connectivity index (χ1v) is 4.04. The third-order valence-electron chi connectivity index (χ3n) is 1.97.